The number of nitrogens with zero attached hydrogens (tertiary/aromatic N) is 3. The van der Waals surface area contributed by atoms with E-state index in [-0.39, 0.29) is 0 Å². The van der Waals surface area contributed by atoms with Crippen molar-refractivity contribution in [3.63, 3.8) is 0 Å². The highest BCUT2D eigenvalue weighted by molar-refractivity contribution is 7.25. The number of nitriles is 1. The Labute approximate surface area is 218 Å². The molecule has 0 spiro atoms. The van der Waals surface area contributed by atoms with E-state index in [0.717, 1.165) is 38.6 Å². The Morgan fingerprint density at radius 2 is 1.51 bits per heavy atom. The van der Waals surface area contributed by atoms with E-state index in [4.69, 9.17) is 0 Å². The van der Waals surface area contributed by atoms with Crippen LogP contribution in [0.5, 0.6) is 0 Å². The van der Waals surface area contributed by atoms with E-state index in [1.807, 2.05) is 23.5 Å². The van der Waals surface area contributed by atoms with Crippen LogP contribution in [0.15, 0.2) is 108 Å². The predicted octanol–water partition coefficient (Wildman–Crippen LogP) is 8.89. The molecular formula is C33H21N3S. The summed E-state index contributed by atoms with van der Waals surface area (Å²) in [7, 11) is 0. The van der Waals surface area contributed by atoms with Crippen LogP contribution in [0.1, 0.15) is 11.1 Å². The summed E-state index contributed by atoms with van der Waals surface area (Å²) in [4.78, 5) is 4.04. The van der Waals surface area contributed by atoms with Gasteiger partial charge < -0.3 is 4.57 Å². The Bertz CT molecular complexity index is 2050. The smallest absolute Gasteiger partial charge is 0.101 e. The molecule has 0 amide bonds. The van der Waals surface area contributed by atoms with E-state index in [0.29, 0.717) is 12.1 Å². The quantitative estimate of drug-likeness (QED) is 0.227. The van der Waals surface area contributed by atoms with Crippen molar-refractivity contribution in [1.29, 1.82) is 5.26 Å². The zero-order valence-corrected chi connectivity index (χ0v) is 20.8. The lowest BCUT2D eigenvalue weighted by molar-refractivity contribution is 1.09. The molecule has 0 saturated carbocycles. The van der Waals surface area contributed by atoms with E-state index in [2.05, 4.69) is 113 Å². The van der Waals surface area contributed by atoms with Gasteiger partial charge in [-0.05, 0) is 48.2 Å². The third kappa shape index (κ3) is 3.29. The molecule has 0 radical (unpaired) electrons. The second kappa shape index (κ2) is 8.44. The second-order valence-electron chi connectivity index (χ2n) is 9.21. The maximum atomic E-state index is 9.99. The van der Waals surface area contributed by atoms with Gasteiger partial charge in [-0.3, -0.25) is 4.99 Å². The molecule has 0 saturated heterocycles. The third-order valence-electron chi connectivity index (χ3n) is 7.10. The molecule has 0 atom stereocenters. The van der Waals surface area contributed by atoms with Crippen LogP contribution in [-0.4, -0.2) is 11.3 Å². The maximum absolute atomic E-state index is 9.99. The maximum Gasteiger partial charge on any atom is 0.101 e. The second-order valence-corrected chi connectivity index (χ2v) is 10.3. The lowest BCUT2D eigenvalue weighted by Crippen LogP contribution is -1.98. The number of aromatic nitrogens is 1. The summed E-state index contributed by atoms with van der Waals surface area (Å²) in [6.45, 7) is 4.27. The number of hydrogen-bond acceptors (Lipinski definition) is 3. The minimum absolute atomic E-state index is 0.631. The molecule has 0 bridgehead atoms. The number of para-hydroxylation sites is 3. The van der Waals surface area contributed by atoms with Gasteiger partial charge in [0.1, 0.15) is 6.07 Å². The highest BCUT2D eigenvalue weighted by atomic mass is 32.1. The third-order valence-corrected chi connectivity index (χ3v) is 8.22. The van der Waals surface area contributed by atoms with Gasteiger partial charge in [0.25, 0.3) is 0 Å². The first-order chi connectivity index (χ1) is 18.3. The summed E-state index contributed by atoms with van der Waals surface area (Å²) in [5.74, 6) is 0. The number of fused-ring (bicyclic) bond motifs is 6. The van der Waals surface area contributed by atoms with Crippen molar-refractivity contribution in [3.05, 3.63) is 114 Å². The van der Waals surface area contributed by atoms with Crippen LogP contribution in [0.4, 0.5) is 0 Å². The highest BCUT2D eigenvalue weighted by Gasteiger charge is 2.18. The zero-order chi connectivity index (χ0) is 24.9. The summed E-state index contributed by atoms with van der Waals surface area (Å²) in [6, 6.07) is 38.6. The van der Waals surface area contributed by atoms with E-state index in [1.165, 1.54) is 25.7 Å². The lowest BCUT2D eigenvalue weighted by atomic mass is 10.0. The van der Waals surface area contributed by atoms with Crippen molar-refractivity contribution >= 4 is 60.0 Å². The molecule has 174 valence electrons. The molecule has 5 aromatic carbocycles. The van der Waals surface area contributed by atoms with Gasteiger partial charge in [0.2, 0.25) is 0 Å². The van der Waals surface area contributed by atoms with Crippen LogP contribution in [0.2, 0.25) is 0 Å². The zero-order valence-electron chi connectivity index (χ0n) is 20.0. The monoisotopic (exact) mass is 491 g/mol. The van der Waals surface area contributed by atoms with Crippen LogP contribution in [-0.2, 0) is 6.54 Å². The van der Waals surface area contributed by atoms with Gasteiger partial charge in [-0.25, -0.2) is 0 Å². The minimum Gasteiger partial charge on any atom is -0.307 e. The van der Waals surface area contributed by atoms with Crippen molar-refractivity contribution in [1.82, 2.24) is 4.57 Å². The van der Waals surface area contributed by atoms with Gasteiger partial charge in [-0.2, -0.15) is 5.26 Å². The molecular weight excluding hydrogens is 470 g/mol. The Morgan fingerprint density at radius 1 is 0.757 bits per heavy atom. The number of rotatable bonds is 4. The van der Waals surface area contributed by atoms with Crippen molar-refractivity contribution in [2.45, 2.75) is 6.54 Å². The Hall–Kier alpha value is -4.72. The van der Waals surface area contributed by atoms with Crippen LogP contribution >= 0.6 is 11.3 Å². The molecule has 7 aromatic rings. The van der Waals surface area contributed by atoms with Crippen molar-refractivity contribution in [3.8, 4) is 22.9 Å². The molecule has 3 nitrogen and oxygen atoms in total. The van der Waals surface area contributed by atoms with Gasteiger partial charge in [-0.15, -0.1) is 11.3 Å². The van der Waals surface area contributed by atoms with E-state index in [1.54, 1.807) is 0 Å². The van der Waals surface area contributed by atoms with Crippen molar-refractivity contribution in [2.24, 2.45) is 4.99 Å². The van der Waals surface area contributed by atoms with Gasteiger partial charge in [0.15, 0.2) is 0 Å². The molecule has 0 unspecified atom stereocenters. The number of benzene rings is 5. The van der Waals surface area contributed by atoms with Gasteiger partial charge in [-0.1, -0.05) is 72.8 Å². The molecule has 37 heavy (non-hydrogen) atoms. The molecule has 0 aliphatic rings. The standard InChI is InChI=1S/C33H21N3S/c1-35-20-21-13-15-26-27-16-14-22(18-32(27)37-31(26)17-21)24-8-2-4-11-29(24)36-30-12-5-3-9-25(30)28-10-6-7-23(19-34)33(28)36/h2-18H,1,20H2. The molecule has 7 rings (SSSR count). The lowest BCUT2D eigenvalue weighted by Gasteiger charge is -2.14. The fraction of sp³-hybridized carbons (Fsp3) is 0.0303. The summed E-state index contributed by atoms with van der Waals surface area (Å²) in [5, 5.41) is 14.8. The number of hydrogen-bond donors (Lipinski definition) is 0. The normalized spacial score (nSPS) is 11.4. The molecule has 2 heterocycles. The van der Waals surface area contributed by atoms with Gasteiger partial charge in [0.05, 0.1) is 28.8 Å². The Kier molecular flexibility index (Phi) is 4.92. The summed E-state index contributed by atoms with van der Waals surface area (Å²) < 4.78 is 4.77. The van der Waals surface area contributed by atoms with Crippen LogP contribution in [0.25, 0.3) is 58.8 Å². The largest absolute Gasteiger partial charge is 0.307 e. The molecule has 0 aliphatic heterocycles. The Morgan fingerprint density at radius 3 is 2.38 bits per heavy atom. The first kappa shape index (κ1) is 21.6. The average molecular weight is 492 g/mol. The number of thiophene rings is 1. The minimum atomic E-state index is 0.631. The summed E-state index contributed by atoms with van der Waals surface area (Å²) in [5.41, 5.74) is 7.25. The van der Waals surface area contributed by atoms with E-state index in [9.17, 15) is 5.26 Å². The number of aliphatic imine (C=N–C) groups is 1. The first-order valence-electron chi connectivity index (χ1n) is 12.2. The first-order valence-corrected chi connectivity index (χ1v) is 13.0. The molecule has 0 N–H and O–H groups in total. The predicted molar refractivity (Wildman–Crippen MR) is 157 cm³/mol. The van der Waals surface area contributed by atoms with E-state index >= 15 is 0 Å². The van der Waals surface area contributed by atoms with Crippen molar-refractivity contribution in [2.75, 3.05) is 0 Å². The molecule has 0 aliphatic carbocycles. The van der Waals surface area contributed by atoms with Crippen LogP contribution in [0, 0.1) is 11.3 Å². The Balaban J connectivity index is 1.49. The van der Waals surface area contributed by atoms with Gasteiger partial charge >= 0.3 is 0 Å². The fourth-order valence-electron chi connectivity index (χ4n) is 5.49. The van der Waals surface area contributed by atoms with E-state index < -0.39 is 0 Å². The topological polar surface area (TPSA) is 41.1 Å². The molecule has 0 fully saturated rings. The van der Waals surface area contributed by atoms with Crippen LogP contribution in [0.3, 0.4) is 0 Å². The molecule has 4 heteroatoms. The SMILES string of the molecule is C=NCc1ccc2c(c1)sc1cc(-c3ccccc3-n3c4ccccc4c4cccc(C#N)c43)ccc12. The summed E-state index contributed by atoms with van der Waals surface area (Å²) >= 11 is 1.81. The average Bonchev–Trinajstić information content (AvgIpc) is 3.48. The summed E-state index contributed by atoms with van der Waals surface area (Å²) in [6.07, 6.45) is 0. The fourth-order valence-corrected chi connectivity index (χ4v) is 6.70. The molecule has 2 aromatic heterocycles. The highest BCUT2D eigenvalue weighted by Crippen LogP contribution is 2.40. The van der Waals surface area contributed by atoms with Crippen LogP contribution < -0.4 is 0 Å². The van der Waals surface area contributed by atoms with Gasteiger partial charge in [0, 0.05) is 36.5 Å². The van der Waals surface area contributed by atoms with Crippen molar-refractivity contribution < 1.29 is 0 Å².